The first kappa shape index (κ1) is 23.3. The standard InChI is InChI=1S/C18H27N3O2S.2C2H6/c22-24(23)18-3-1-2-15(10-18)20-8-6-14(7-9-20)13-21-16-4-5-17(21)12-19-11-16;2*1-2/h1-3,10,14,16-17,19H,4-9,11-13H2,(H,22,23);2*1-2H3/p-1. The smallest absolute Gasteiger partial charge is 0.0377 e. The monoisotopic (exact) mass is 408 g/mol. The molecule has 0 spiro atoms. The lowest BCUT2D eigenvalue weighted by Crippen LogP contribution is -2.53. The van der Waals surface area contributed by atoms with E-state index >= 15 is 0 Å². The van der Waals surface area contributed by atoms with Gasteiger partial charge in [-0.2, -0.15) is 0 Å². The molecule has 4 rings (SSSR count). The van der Waals surface area contributed by atoms with Crippen LogP contribution < -0.4 is 10.2 Å². The zero-order chi connectivity index (χ0) is 20.5. The maximum atomic E-state index is 11.1. The minimum Gasteiger partial charge on any atom is -0.768 e. The van der Waals surface area contributed by atoms with Gasteiger partial charge in [0.1, 0.15) is 0 Å². The molecule has 6 heteroatoms. The highest BCUT2D eigenvalue weighted by Crippen LogP contribution is 2.31. The molecule has 3 unspecified atom stereocenters. The third-order valence-electron chi connectivity index (χ3n) is 5.99. The number of benzene rings is 1. The average Bonchev–Trinajstić information content (AvgIpc) is 2.97. The Hall–Kier alpha value is -0.950. The van der Waals surface area contributed by atoms with E-state index in [1.165, 1.54) is 32.2 Å². The normalized spacial score (nSPS) is 26.0. The van der Waals surface area contributed by atoms with Crippen LogP contribution >= 0.6 is 0 Å². The van der Waals surface area contributed by atoms with Gasteiger partial charge in [-0.05, 0) is 60.9 Å². The molecule has 3 saturated heterocycles. The second-order valence-electron chi connectivity index (χ2n) is 7.40. The number of anilines is 1. The van der Waals surface area contributed by atoms with E-state index < -0.39 is 11.1 Å². The van der Waals surface area contributed by atoms with Crippen LogP contribution in [0.25, 0.3) is 0 Å². The molecule has 3 heterocycles. The van der Waals surface area contributed by atoms with Crippen LogP contribution in [0.4, 0.5) is 5.69 Å². The summed E-state index contributed by atoms with van der Waals surface area (Å²) in [7, 11) is 0. The first-order valence-electron chi connectivity index (χ1n) is 11.1. The van der Waals surface area contributed by atoms with E-state index in [0.29, 0.717) is 4.90 Å². The van der Waals surface area contributed by atoms with E-state index in [4.69, 9.17) is 0 Å². The molecule has 3 fully saturated rings. The van der Waals surface area contributed by atoms with Crippen LogP contribution in [0.3, 0.4) is 0 Å². The van der Waals surface area contributed by atoms with Gasteiger partial charge in [-0.1, -0.05) is 33.8 Å². The Morgan fingerprint density at radius 2 is 1.64 bits per heavy atom. The number of piperazine rings is 1. The minimum atomic E-state index is -2.15. The molecule has 3 atom stereocenters. The van der Waals surface area contributed by atoms with Crippen LogP contribution in [0.1, 0.15) is 53.4 Å². The Bertz CT molecular complexity index is 589. The van der Waals surface area contributed by atoms with Gasteiger partial charge in [-0.25, -0.2) is 0 Å². The van der Waals surface area contributed by atoms with Crippen LogP contribution in [-0.4, -0.2) is 58.5 Å². The van der Waals surface area contributed by atoms with E-state index in [2.05, 4.69) is 15.1 Å². The van der Waals surface area contributed by atoms with Gasteiger partial charge in [-0.3, -0.25) is 9.11 Å². The number of hydrogen-bond acceptors (Lipinski definition) is 5. The largest absolute Gasteiger partial charge is 0.768 e. The molecule has 160 valence electrons. The predicted molar refractivity (Wildman–Crippen MR) is 118 cm³/mol. The molecule has 0 radical (unpaired) electrons. The van der Waals surface area contributed by atoms with Crippen molar-refractivity contribution >= 4 is 16.8 Å². The summed E-state index contributed by atoms with van der Waals surface area (Å²) in [4.78, 5) is 5.48. The van der Waals surface area contributed by atoms with Crippen molar-refractivity contribution in [2.45, 2.75) is 70.4 Å². The minimum absolute atomic E-state index is 0.381. The highest BCUT2D eigenvalue weighted by Gasteiger charge is 2.37. The molecule has 1 N–H and O–H groups in total. The molecule has 28 heavy (non-hydrogen) atoms. The molecule has 1 aromatic rings. The van der Waals surface area contributed by atoms with Gasteiger partial charge in [-0.15, -0.1) is 0 Å². The Labute approximate surface area is 174 Å². The van der Waals surface area contributed by atoms with Gasteiger partial charge in [0.15, 0.2) is 0 Å². The molecular weight excluding hydrogens is 370 g/mol. The van der Waals surface area contributed by atoms with Gasteiger partial charge < -0.3 is 14.8 Å². The summed E-state index contributed by atoms with van der Waals surface area (Å²) in [5, 5.41) is 3.56. The maximum Gasteiger partial charge on any atom is 0.0377 e. The van der Waals surface area contributed by atoms with Crippen LogP contribution in [-0.2, 0) is 11.1 Å². The summed E-state index contributed by atoms with van der Waals surface area (Å²) in [5.74, 6) is 0.777. The highest BCUT2D eigenvalue weighted by atomic mass is 32.2. The van der Waals surface area contributed by atoms with Crippen molar-refractivity contribution in [3.8, 4) is 0 Å². The Balaban J connectivity index is 0.000000660. The SMILES string of the molecule is CC.CC.O=S([O-])c1cccc(N2CCC(CN3C4CCC3CNC4)CC2)c1. The Morgan fingerprint density at radius 1 is 1.04 bits per heavy atom. The first-order valence-corrected chi connectivity index (χ1v) is 12.2. The number of fused-ring (bicyclic) bond motifs is 2. The van der Waals surface area contributed by atoms with Crippen molar-refractivity contribution in [3.63, 3.8) is 0 Å². The number of nitrogens with one attached hydrogen (secondary N) is 1. The van der Waals surface area contributed by atoms with Crippen LogP contribution in [0.15, 0.2) is 29.2 Å². The van der Waals surface area contributed by atoms with Crippen LogP contribution in [0.5, 0.6) is 0 Å². The second kappa shape index (κ2) is 11.9. The number of hydrogen-bond donors (Lipinski definition) is 1. The molecule has 0 aliphatic carbocycles. The average molecular weight is 409 g/mol. The zero-order valence-corrected chi connectivity index (χ0v) is 18.8. The van der Waals surface area contributed by atoms with Crippen molar-refractivity contribution in [3.05, 3.63) is 24.3 Å². The summed E-state index contributed by atoms with van der Waals surface area (Å²) in [6, 6.07) is 8.81. The molecule has 0 aromatic heterocycles. The quantitative estimate of drug-likeness (QED) is 0.771. The van der Waals surface area contributed by atoms with E-state index in [1.54, 1.807) is 12.1 Å². The van der Waals surface area contributed by atoms with E-state index in [0.717, 1.165) is 49.9 Å². The third-order valence-corrected chi connectivity index (χ3v) is 6.63. The predicted octanol–water partition coefficient (Wildman–Crippen LogP) is 3.63. The molecule has 0 amide bonds. The molecule has 5 nitrogen and oxygen atoms in total. The number of nitrogens with zero attached hydrogens (tertiary/aromatic N) is 2. The lowest BCUT2D eigenvalue weighted by atomic mass is 9.95. The summed E-state index contributed by atoms with van der Waals surface area (Å²) >= 11 is -2.15. The van der Waals surface area contributed by atoms with Gasteiger partial charge in [0.05, 0.1) is 0 Å². The van der Waals surface area contributed by atoms with E-state index in [-0.39, 0.29) is 0 Å². The lowest BCUT2D eigenvalue weighted by Gasteiger charge is -2.40. The number of piperidine rings is 1. The Kier molecular flexibility index (Phi) is 9.92. The lowest BCUT2D eigenvalue weighted by molar-refractivity contribution is 0.121. The van der Waals surface area contributed by atoms with Crippen molar-refractivity contribution in [2.75, 3.05) is 37.6 Å². The first-order chi connectivity index (χ1) is 13.7. The summed E-state index contributed by atoms with van der Waals surface area (Å²) in [6.07, 6.45) is 5.12. The third kappa shape index (κ3) is 5.78. The van der Waals surface area contributed by atoms with Crippen LogP contribution in [0, 0.1) is 5.92 Å². The summed E-state index contributed by atoms with van der Waals surface area (Å²) in [6.45, 7) is 13.6. The molecule has 1 aromatic carbocycles. The highest BCUT2D eigenvalue weighted by molar-refractivity contribution is 7.79. The Morgan fingerprint density at radius 3 is 2.21 bits per heavy atom. The van der Waals surface area contributed by atoms with Gasteiger partial charge in [0.25, 0.3) is 0 Å². The van der Waals surface area contributed by atoms with Crippen molar-refractivity contribution in [1.82, 2.24) is 10.2 Å². The van der Waals surface area contributed by atoms with Crippen LogP contribution in [0.2, 0.25) is 0 Å². The maximum absolute atomic E-state index is 11.1. The molecule has 0 saturated carbocycles. The molecule has 3 aliphatic rings. The topological polar surface area (TPSA) is 58.6 Å². The second-order valence-corrected chi connectivity index (χ2v) is 8.34. The fourth-order valence-electron chi connectivity index (χ4n) is 4.62. The fourth-order valence-corrected chi connectivity index (χ4v) is 5.03. The summed E-state index contributed by atoms with van der Waals surface area (Å²) in [5.41, 5.74) is 1.04. The van der Waals surface area contributed by atoms with Crippen molar-refractivity contribution in [1.29, 1.82) is 0 Å². The van der Waals surface area contributed by atoms with E-state index in [1.807, 2.05) is 39.8 Å². The zero-order valence-electron chi connectivity index (χ0n) is 18.0. The fraction of sp³-hybridized carbons (Fsp3) is 0.727. The number of rotatable bonds is 4. The van der Waals surface area contributed by atoms with Gasteiger partial charge in [0, 0.05) is 55.4 Å². The van der Waals surface area contributed by atoms with E-state index in [9.17, 15) is 8.76 Å². The van der Waals surface area contributed by atoms with Crippen molar-refractivity contribution in [2.24, 2.45) is 5.92 Å². The van der Waals surface area contributed by atoms with Gasteiger partial charge >= 0.3 is 0 Å². The molecule has 2 bridgehead atoms. The molecule has 3 aliphatic heterocycles. The molecular formula is C22H38N3O2S-. The van der Waals surface area contributed by atoms with Crippen molar-refractivity contribution < 1.29 is 8.76 Å². The summed E-state index contributed by atoms with van der Waals surface area (Å²) < 4.78 is 22.3. The van der Waals surface area contributed by atoms with Gasteiger partial charge in [0.2, 0.25) is 0 Å².